The zero-order chi connectivity index (χ0) is 19.1. The van der Waals surface area contributed by atoms with Crippen molar-refractivity contribution in [1.82, 2.24) is 20.1 Å². The number of amides is 1. The smallest absolute Gasteiger partial charge is 0.282 e. The van der Waals surface area contributed by atoms with Crippen LogP contribution < -0.4 is 5.32 Å². The van der Waals surface area contributed by atoms with Crippen LogP contribution in [-0.4, -0.2) is 26.7 Å². The van der Waals surface area contributed by atoms with Crippen molar-refractivity contribution >= 4 is 17.5 Å². The highest BCUT2D eigenvalue weighted by molar-refractivity contribution is 6.31. The van der Waals surface area contributed by atoms with Crippen molar-refractivity contribution < 1.29 is 13.6 Å². The normalized spacial score (nSPS) is 20.9. The topological polar surface area (TPSA) is 59.8 Å². The molecule has 1 N–H and O–H groups in total. The summed E-state index contributed by atoms with van der Waals surface area (Å²) in [6, 6.07) is 1.60. The Morgan fingerprint density at radius 1 is 1.44 bits per heavy atom. The predicted molar refractivity (Wildman–Crippen MR) is 95.6 cm³/mol. The second kappa shape index (κ2) is 6.93. The van der Waals surface area contributed by atoms with Crippen molar-refractivity contribution in [3.05, 3.63) is 46.0 Å². The van der Waals surface area contributed by atoms with Gasteiger partial charge in [0.1, 0.15) is 5.69 Å². The SMILES string of the molecule is Cn1cc(C(=O)NC2CC2c2ncc(C#CC3CC3)cc2Cl)c(C(F)F)n1. The van der Waals surface area contributed by atoms with E-state index >= 15 is 0 Å². The lowest BCUT2D eigenvalue weighted by molar-refractivity contribution is 0.0935. The molecule has 2 heterocycles. The summed E-state index contributed by atoms with van der Waals surface area (Å²) in [6.45, 7) is 0. The summed E-state index contributed by atoms with van der Waals surface area (Å²) in [4.78, 5) is 16.7. The van der Waals surface area contributed by atoms with Gasteiger partial charge in [0.25, 0.3) is 12.3 Å². The number of carbonyl (C=O) groups is 1. The van der Waals surface area contributed by atoms with Crippen LogP contribution in [0.3, 0.4) is 0 Å². The minimum Gasteiger partial charge on any atom is -0.348 e. The number of halogens is 3. The number of nitrogens with zero attached hydrogens (tertiary/aromatic N) is 3. The maximum atomic E-state index is 13.0. The van der Waals surface area contributed by atoms with Crippen molar-refractivity contribution in [3.63, 3.8) is 0 Å². The van der Waals surface area contributed by atoms with E-state index in [1.54, 1.807) is 12.3 Å². The van der Waals surface area contributed by atoms with Crippen LogP contribution in [0, 0.1) is 17.8 Å². The molecule has 0 bridgehead atoms. The maximum Gasteiger partial charge on any atom is 0.282 e. The van der Waals surface area contributed by atoms with Crippen LogP contribution in [0.5, 0.6) is 0 Å². The summed E-state index contributed by atoms with van der Waals surface area (Å²) in [5.74, 6) is 6.14. The van der Waals surface area contributed by atoms with E-state index < -0.39 is 18.0 Å². The first kappa shape index (κ1) is 17.9. The van der Waals surface area contributed by atoms with E-state index in [0.29, 0.717) is 23.1 Å². The third-order valence-corrected chi connectivity index (χ3v) is 4.94. The van der Waals surface area contributed by atoms with Crippen LogP contribution in [0.1, 0.15) is 58.9 Å². The average Bonchev–Trinajstić information content (AvgIpc) is 3.53. The Morgan fingerprint density at radius 3 is 2.89 bits per heavy atom. The van der Waals surface area contributed by atoms with Gasteiger partial charge < -0.3 is 5.32 Å². The van der Waals surface area contributed by atoms with Crippen LogP contribution >= 0.6 is 11.6 Å². The molecule has 2 atom stereocenters. The van der Waals surface area contributed by atoms with Gasteiger partial charge in [-0.3, -0.25) is 14.5 Å². The quantitative estimate of drug-likeness (QED) is 0.813. The summed E-state index contributed by atoms with van der Waals surface area (Å²) < 4.78 is 27.2. The highest BCUT2D eigenvalue weighted by Gasteiger charge is 2.42. The molecule has 2 aromatic heterocycles. The Morgan fingerprint density at radius 2 is 2.22 bits per heavy atom. The standard InChI is InChI=1S/C19H17ClF2N4O/c1-26-9-13(17(25-26)18(21)22)19(27)24-15-7-12(15)16-14(20)6-11(8-23-16)5-4-10-2-3-10/h6,8-10,12,15,18H,2-3,7H2,1H3,(H,24,27). The minimum absolute atomic E-state index is 0.0291. The van der Waals surface area contributed by atoms with E-state index in [9.17, 15) is 13.6 Å². The number of pyridine rings is 1. The Bertz CT molecular complexity index is 958. The van der Waals surface area contributed by atoms with Crippen molar-refractivity contribution in [2.75, 3.05) is 0 Å². The maximum absolute atomic E-state index is 13.0. The van der Waals surface area contributed by atoms with Crippen LogP contribution in [0.4, 0.5) is 8.78 Å². The largest absolute Gasteiger partial charge is 0.348 e. The molecule has 2 fully saturated rings. The Kier molecular flexibility index (Phi) is 4.60. The average molecular weight is 391 g/mol. The molecule has 2 aliphatic carbocycles. The molecule has 8 heteroatoms. The molecule has 140 valence electrons. The van der Waals surface area contributed by atoms with Crippen LogP contribution in [0.15, 0.2) is 18.5 Å². The van der Waals surface area contributed by atoms with Gasteiger partial charge in [0.15, 0.2) is 0 Å². The molecule has 1 amide bonds. The molecule has 2 aliphatic rings. The number of rotatable bonds is 4. The van der Waals surface area contributed by atoms with E-state index in [4.69, 9.17) is 11.6 Å². The van der Waals surface area contributed by atoms with Gasteiger partial charge in [-0.05, 0) is 25.3 Å². The molecule has 0 aliphatic heterocycles. The fourth-order valence-corrected chi connectivity index (χ4v) is 3.25. The van der Waals surface area contributed by atoms with Crippen molar-refractivity contribution in [2.24, 2.45) is 13.0 Å². The predicted octanol–water partition coefficient (Wildman–Crippen LogP) is 3.45. The van der Waals surface area contributed by atoms with Gasteiger partial charge in [-0.25, -0.2) is 8.78 Å². The second-order valence-electron chi connectivity index (χ2n) is 6.96. The lowest BCUT2D eigenvalue weighted by Gasteiger charge is -2.06. The van der Waals surface area contributed by atoms with E-state index in [1.807, 2.05) is 0 Å². The molecule has 0 radical (unpaired) electrons. The molecule has 27 heavy (non-hydrogen) atoms. The minimum atomic E-state index is -2.80. The number of hydrogen-bond donors (Lipinski definition) is 1. The zero-order valence-electron chi connectivity index (χ0n) is 14.5. The summed E-state index contributed by atoms with van der Waals surface area (Å²) in [5.41, 5.74) is 0.845. The molecule has 2 aromatic rings. The Hall–Kier alpha value is -2.46. The van der Waals surface area contributed by atoms with Gasteiger partial charge in [0.2, 0.25) is 0 Å². The summed E-state index contributed by atoms with van der Waals surface area (Å²) in [7, 11) is 1.50. The van der Waals surface area contributed by atoms with Crippen molar-refractivity contribution in [1.29, 1.82) is 0 Å². The van der Waals surface area contributed by atoms with Gasteiger partial charge in [0.05, 0.1) is 16.3 Å². The Labute approximate surface area is 160 Å². The monoisotopic (exact) mass is 390 g/mol. The lowest BCUT2D eigenvalue weighted by atomic mass is 10.2. The van der Waals surface area contributed by atoms with E-state index in [1.165, 1.54) is 17.9 Å². The van der Waals surface area contributed by atoms with E-state index in [2.05, 4.69) is 27.2 Å². The number of hydrogen-bond acceptors (Lipinski definition) is 3. The third kappa shape index (κ3) is 3.96. The number of aromatic nitrogens is 3. The molecule has 0 aromatic carbocycles. The molecule has 0 saturated heterocycles. The lowest BCUT2D eigenvalue weighted by Crippen LogP contribution is -2.27. The molecule has 5 nitrogen and oxygen atoms in total. The highest BCUT2D eigenvalue weighted by atomic mass is 35.5. The van der Waals surface area contributed by atoms with E-state index in [-0.39, 0.29) is 17.5 Å². The van der Waals surface area contributed by atoms with Crippen LogP contribution in [0.2, 0.25) is 5.02 Å². The van der Waals surface area contributed by atoms with Gasteiger partial charge in [0, 0.05) is 42.9 Å². The van der Waals surface area contributed by atoms with Crippen LogP contribution in [0.25, 0.3) is 0 Å². The fraction of sp³-hybridized carbons (Fsp3) is 0.421. The summed E-state index contributed by atoms with van der Waals surface area (Å²) in [5, 5.41) is 6.93. The number of aryl methyl sites for hydroxylation is 1. The Balaban J connectivity index is 1.42. The summed E-state index contributed by atoms with van der Waals surface area (Å²) in [6.07, 6.45) is 3.15. The van der Waals surface area contributed by atoms with Gasteiger partial charge in [-0.15, -0.1) is 0 Å². The third-order valence-electron chi connectivity index (χ3n) is 4.63. The van der Waals surface area contributed by atoms with Gasteiger partial charge in [-0.1, -0.05) is 23.4 Å². The summed E-state index contributed by atoms with van der Waals surface area (Å²) >= 11 is 6.33. The first-order valence-corrected chi connectivity index (χ1v) is 9.09. The van der Waals surface area contributed by atoms with E-state index in [0.717, 1.165) is 18.4 Å². The molecule has 4 rings (SSSR count). The fourth-order valence-electron chi connectivity index (χ4n) is 2.95. The first-order chi connectivity index (χ1) is 12.9. The van der Waals surface area contributed by atoms with Crippen LogP contribution in [-0.2, 0) is 7.05 Å². The van der Waals surface area contributed by atoms with Crippen molar-refractivity contribution in [3.8, 4) is 11.8 Å². The number of nitrogens with one attached hydrogen (secondary N) is 1. The molecule has 2 saturated carbocycles. The van der Waals surface area contributed by atoms with Gasteiger partial charge in [-0.2, -0.15) is 5.10 Å². The second-order valence-corrected chi connectivity index (χ2v) is 7.37. The number of carbonyl (C=O) groups excluding carboxylic acids is 1. The number of alkyl halides is 2. The van der Waals surface area contributed by atoms with Crippen molar-refractivity contribution in [2.45, 2.75) is 37.6 Å². The first-order valence-electron chi connectivity index (χ1n) is 8.72. The zero-order valence-corrected chi connectivity index (χ0v) is 15.3. The molecular weight excluding hydrogens is 374 g/mol. The highest BCUT2D eigenvalue weighted by Crippen LogP contribution is 2.43. The molecule has 2 unspecified atom stereocenters. The molecule has 0 spiro atoms. The van der Waals surface area contributed by atoms with Gasteiger partial charge >= 0.3 is 0 Å². The molecular formula is C19H17ClF2N4O.